The van der Waals surface area contributed by atoms with Crippen molar-refractivity contribution < 1.29 is 9.18 Å². The summed E-state index contributed by atoms with van der Waals surface area (Å²) in [6, 6.07) is 9.52. The smallest absolute Gasteiger partial charge is 0.230 e. The van der Waals surface area contributed by atoms with Gasteiger partial charge in [-0.3, -0.25) is 4.79 Å². The molecule has 0 aliphatic carbocycles. The molecule has 0 atom stereocenters. The van der Waals surface area contributed by atoms with Crippen LogP contribution < -0.4 is 5.32 Å². The lowest BCUT2D eigenvalue weighted by Gasteiger charge is -2.04. The van der Waals surface area contributed by atoms with Gasteiger partial charge in [0.05, 0.1) is 5.75 Å². The van der Waals surface area contributed by atoms with E-state index in [1.165, 1.54) is 23.9 Å². The predicted molar refractivity (Wildman–Crippen MR) is 90.1 cm³/mol. The molecule has 3 rings (SSSR count). The highest BCUT2D eigenvalue weighted by Gasteiger charge is 2.11. The Bertz CT molecular complexity index is 878. The molecule has 0 aliphatic heterocycles. The van der Waals surface area contributed by atoms with Gasteiger partial charge in [0.1, 0.15) is 10.8 Å². The number of nitrogens with zero attached hydrogens (tertiary/aromatic N) is 4. The molecule has 0 bridgehead atoms. The summed E-state index contributed by atoms with van der Waals surface area (Å²) >= 11 is 1.31. The van der Waals surface area contributed by atoms with Gasteiger partial charge in [-0.1, -0.05) is 17.8 Å². The van der Waals surface area contributed by atoms with Crippen LogP contribution in [0.4, 0.5) is 4.39 Å². The molecule has 0 fully saturated rings. The minimum Gasteiger partial charge on any atom is -0.352 e. The van der Waals surface area contributed by atoms with Crippen molar-refractivity contribution in [1.29, 1.82) is 0 Å². The van der Waals surface area contributed by atoms with Crippen molar-refractivity contribution in [1.82, 2.24) is 25.1 Å². The van der Waals surface area contributed by atoms with E-state index < -0.39 is 0 Å². The summed E-state index contributed by atoms with van der Waals surface area (Å²) in [5.41, 5.74) is 1.29. The second-order valence-corrected chi connectivity index (χ2v) is 5.85. The van der Waals surface area contributed by atoms with Gasteiger partial charge in [0, 0.05) is 12.1 Å². The largest absolute Gasteiger partial charge is 0.352 e. The molecular weight excluding hydrogens is 329 g/mol. The predicted octanol–water partition coefficient (Wildman–Crippen LogP) is 2.32. The van der Waals surface area contributed by atoms with Gasteiger partial charge >= 0.3 is 0 Å². The molecule has 1 aromatic carbocycles. The van der Waals surface area contributed by atoms with E-state index in [4.69, 9.17) is 0 Å². The number of aromatic nitrogens is 4. The SMILES string of the molecule is C=CCNC(=O)CSc1ccc2nnc(-c3ccc(F)cc3)n2n1. The fourth-order valence-corrected chi connectivity index (χ4v) is 2.69. The average molecular weight is 343 g/mol. The van der Waals surface area contributed by atoms with Crippen LogP contribution in [0, 0.1) is 5.82 Å². The van der Waals surface area contributed by atoms with Crippen molar-refractivity contribution in [2.24, 2.45) is 0 Å². The van der Waals surface area contributed by atoms with E-state index >= 15 is 0 Å². The molecule has 0 spiro atoms. The number of rotatable bonds is 6. The zero-order valence-corrected chi connectivity index (χ0v) is 13.5. The van der Waals surface area contributed by atoms with Crippen molar-refractivity contribution in [2.75, 3.05) is 12.3 Å². The third-order valence-corrected chi connectivity index (χ3v) is 4.06. The number of fused-ring (bicyclic) bond motifs is 1. The number of thioether (sulfide) groups is 1. The van der Waals surface area contributed by atoms with E-state index in [2.05, 4.69) is 27.2 Å². The van der Waals surface area contributed by atoms with Crippen LogP contribution in [0.2, 0.25) is 0 Å². The molecule has 2 heterocycles. The van der Waals surface area contributed by atoms with Crippen LogP contribution in [0.15, 0.2) is 54.1 Å². The maximum atomic E-state index is 13.1. The van der Waals surface area contributed by atoms with Crippen LogP contribution in [0.25, 0.3) is 17.0 Å². The van der Waals surface area contributed by atoms with E-state index in [9.17, 15) is 9.18 Å². The summed E-state index contributed by atoms with van der Waals surface area (Å²) in [5.74, 6) is 0.357. The van der Waals surface area contributed by atoms with Crippen molar-refractivity contribution in [3.63, 3.8) is 0 Å². The second kappa shape index (κ2) is 7.22. The summed E-state index contributed by atoms with van der Waals surface area (Å²) in [7, 11) is 0. The summed E-state index contributed by atoms with van der Waals surface area (Å²) < 4.78 is 14.6. The number of benzene rings is 1. The molecule has 0 aliphatic rings. The Hall–Kier alpha value is -2.74. The molecule has 0 radical (unpaired) electrons. The lowest BCUT2D eigenvalue weighted by atomic mass is 10.2. The number of carbonyl (C=O) groups excluding carboxylic acids is 1. The van der Waals surface area contributed by atoms with Gasteiger partial charge in [0.15, 0.2) is 11.5 Å². The van der Waals surface area contributed by atoms with Crippen LogP contribution in [0.5, 0.6) is 0 Å². The molecule has 3 aromatic rings. The number of amides is 1. The molecule has 6 nitrogen and oxygen atoms in total. The summed E-state index contributed by atoms with van der Waals surface area (Å²) in [5, 5.41) is 16.0. The Balaban J connectivity index is 1.82. The Morgan fingerprint density at radius 3 is 2.79 bits per heavy atom. The highest BCUT2D eigenvalue weighted by Crippen LogP contribution is 2.20. The van der Waals surface area contributed by atoms with E-state index in [1.807, 2.05) is 0 Å². The van der Waals surface area contributed by atoms with Crippen LogP contribution in [0.3, 0.4) is 0 Å². The minimum absolute atomic E-state index is 0.0932. The first kappa shape index (κ1) is 16.1. The number of carbonyl (C=O) groups is 1. The number of halogens is 1. The van der Waals surface area contributed by atoms with Gasteiger partial charge < -0.3 is 5.32 Å². The molecule has 0 saturated carbocycles. The van der Waals surface area contributed by atoms with Gasteiger partial charge in [0.25, 0.3) is 0 Å². The number of hydrogen-bond acceptors (Lipinski definition) is 5. The van der Waals surface area contributed by atoms with Crippen LogP contribution in [0.1, 0.15) is 0 Å². The van der Waals surface area contributed by atoms with Gasteiger partial charge in [-0.2, -0.15) is 9.61 Å². The first-order valence-corrected chi connectivity index (χ1v) is 8.15. The molecule has 2 aromatic heterocycles. The Labute approximate surface area is 141 Å². The van der Waals surface area contributed by atoms with Crippen LogP contribution >= 0.6 is 11.8 Å². The molecule has 8 heteroatoms. The first-order valence-electron chi connectivity index (χ1n) is 7.16. The molecule has 1 amide bonds. The van der Waals surface area contributed by atoms with E-state index in [-0.39, 0.29) is 17.5 Å². The molecule has 122 valence electrons. The maximum absolute atomic E-state index is 13.1. The van der Waals surface area contributed by atoms with Crippen LogP contribution in [-0.4, -0.2) is 38.0 Å². The standard InChI is InChI=1S/C16H14FN5OS/c1-2-9-18-14(23)10-24-15-8-7-13-19-20-16(22(13)21-15)11-3-5-12(17)6-4-11/h2-8H,1,9-10H2,(H,18,23). The van der Waals surface area contributed by atoms with Gasteiger partial charge in [-0.25, -0.2) is 4.39 Å². The Morgan fingerprint density at radius 2 is 2.04 bits per heavy atom. The lowest BCUT2D eigenvalue weighted by molar-refractivity contribution is -0.118. The highest BCUT2D eigenvalue weighted by atomic mass is 32.2. The third kappa shape index (κ3) is 3.60. The zero-order chi connectivity index (χ0) is 16.9. The molecule has 24 heavy (non-hydrogen) atoms. The average Bonchev–Trinajstić information content (AvgIpc) is 3.02. The van der Waals surface area contributed by atoms with E-state index in [1.54, 1.807) is 34.9 Å². The quantitative estimate of drug-likeness (QED) is 0.549. The van der Waals surface area contributed by atoms with Crippen molar-refractivity contribution in [2.45, 2.75) is 5.03 Å². The third-order valence-electron chi connectivity index (χ3n) is 3.14. The fraction of sp³-hybridized carbons (Fsp3) is 0.125. The number of nitrogens with one attached hydrogen (secondary N) is 1. The summed E-state index contributed by atoms with van der Waals surface area (Å²) in [6.07, 6.45) is 1.62. The number of hydrogen-bond donors (Lipinski definition) is 1. The normalized spacial score (nSPS) is 10.7. The fourth-order valence-electron chi connectivity index (χ4n) is 2.00. The molecule has 0 unspecified atom stereocenters. The van der Waals surface area contributed by atoms with Crippen molar-refractivity contribution in [3.8, 4) is 11.4 Å². The first-order chi connectivity index (χ1) is 11.7. The van der Waals surface area contributed by atoms with Crippen molar-refractivity contribution in [3.05, 3.63) is 54.9 Å². The summed E-state index contributed by atoms with van der Waals surface area (Å²) in [6.45, 7) is 3.99. The highest BCUT2D eigenvalue weighted by molar-refractivity contribution is 7.99. The monoisotopic (exact) mass is 343 g/mol. The van der Waals surface area contributed by atoms with Crippen LogP contribution in [-0.2, 0) is 4.79 Å². The molecule has 1 N–H and O–H groups in total. The molecular formula is C16H14FN5OS. The lowest BCUT2D eigenvalue weighted by Crippen LogP contribution is -2.24. The van der Waals surface area contributed by atoms with Crippen molar-refractivity contribution >= 4 is 23.3 Å². The second-order valence-electron chi connectivity index (χ2n) is 4.85. The Kier molecular flexibility index (Phi) is 4.85. The van der Waals surface area contributed by atoms with Gasteiger partial charge in [-0.15, -0.1) is 16.8 Å². The van der Waals surface area contributed by atoms with E-state index in [0.29, 0.717) is 28.6 Å². The zero-order valence-electron chi connectivity index (χ0n) is 12.6. The maximum Gasteiger partial charge on any atom is 0.230 e. The minimum atomic E-state index is -0.317. The van der Waals surface area contributed by atoms with Gasteiger partial charge in [0.2, 0.25) is 5.91 Å². The summed E-state index contributed by atoms with van der Waals surface area (Å²) in [4.78, 5) is 11.6. The van der Waals surface area contributed by atoms with Gasteiger partial charge in [-0.05, 0) is 36.4 Å². The molecule has 0 saturated heterocycles. The Morgan fingerprint density at radius 1 is 1.25 bits per heavy atom. The topological polar surface area (TPSA) is 72.2 Å². The van der Waals surface area contributed by atoms with E-state index in [0.717, 1.165) is 0 Å².